The fourth-order valence-corrected chi connectivity index (χ4v) is 3.20. The van der Waals surface area contributed by atoms with E-state index in [1.165, 1.54) is 12.8 Å². The van der Waals surface area contributed by atoms with Gasteiger partial charge in [-0.05, 0) is 36.5 Å². The summed E-state index contributed by atoms with van der Waals surface area (Å²) in [6.45, 7) is 13.8. The monoisotopic (exact) mass is 203 g/mol. The number of hydrogen-bond donors (Lipinski definition) is 0. The van der Waals surface area contributed by atoms with Gasteiger partial charge in [-0.1, -0.05) is 25.5 Å². The van der Waals surface area contributed by atoms with Gasteiger partial charge in [-0.3, -0.25) is 0 Å². The predicted octanol–water partition coefficient (Wildman–Crippen LogP) is 4.07. The molecule has 0 aromatic heterocycles. The van der Waals surface area contributed by atoms with Crippen LogP contribution in [-0.2, 0) is 0 Å². The fraction of sp³-hybridized carbons (Fsp3) is 0.786. The van der Waals surface area contributed by atoms with Crippen molar-refractivity contribution in [2.24, 2.45) is 17.3 Å². The molecule has 0 spiro atoms. The van der Waals surface area contributed by atoms with Crippen molar-refractivity contribution in [1.29, 1.82) is 0 Å². The number of rotatable bonds is 3. The first-order valence-electron chi connectivity index (χ1n) is 6.11. The van der Waals surface area contributed by atoms with Gasteiger partial charge < -0.3 is 4.85 Å². The predicted molar refractivity (Wildman–Crippen MR) is 63.4 cm³/mol. The van der Waals surface area contributed by atoms with E-state index in [2.05, 4.69) is 24.8 Å². The van der Waals surface area contributed by atoms with Crippen LogP contribution in [0.4, 0.5) is 0 Å². The van der Waals surface area contributed by atoms with Gasteiger partial charge in [0.15, 0.2) is 0 Å². The zero-order chi connectivity index (χ0) is 11.1. The van der Waals surface area contributed by atoms with Crippen LogP contribution in [0.2, 0.25) is 0 Å². The summed E-state index contributed by atoms with van der Waals surface area (Å²) >= 11 is 0. The molecule has 0 aromatic carbocycles. The van der Waals surface area contributed by atoms with Crippen molar-refractivity contribution in [2.75, 3.05) is 0 Å². The quantitative estimate of drug-likeness (QED) is 0.481. The van der Waals surface area contributed by atoms with Gasteiger partial charge in [0.2, 0.25) is 6.04 Å². The second kappa shape index (κ2) is 3.67. The van der Waals surface area contributed by atoms with Crippen LogP contribution >= 0.6 is 0 Å². The summed E-state index contributed by atoms with van der Waals surface area (Å²) in [6, 6.07) is 0.201. The molecule has 1 unspecified atom stereocenters. The van der Waals surface area contributed by atoms with Crippen molar-refractivity contribution >= 4 is 0 Å². The van der Waals surface area contributed by atoms with E-state index in [-0.39, 0.29) is 6.04 Å². The van der Waals surface area contributed by atoms with Gasteiger partial charge in [0.05, 0.1) is 0 Å². The Kier molecular flexibility index (Phi) is 2.63. The molecule has 0 N–H and O–H groups in total. The fourth-order valence-electron chi connectivity index (χ4n) is 3.20. The molecule has 0 saturated heterocycles. The zero-order valence-electron chi connectivity index (χ0n) is 10.1. The van der Waals surface area contributed by atoms with Crippen LogP contribution < -0.4 is 0 Å². The van der Waals surface area contributed by atoms with E-state index in [9.17, 15) is 0 Å². The summed E-state index contributed by atoms with van der Waals surface area (Å²) < 4.78 is 0. The topological polar surface area (TPSA) is 4.36 Å². The first-order chi connectivity index (χ1) is 7.05. The molecule has 3 atom stereocenters. The molecule has 2 bridgehead atoms. The first-order valence-corrected chi connectivity index (χ1v) is 6.11. The molecule has 0 radical (unpaired) electrons. The first kappa shape index (κ1) is 10.7. The van der Waals surface area contributed by atoms with Gasteiger partial charge in [0.25, 0.3) is 0 Å². The Morgan fingerprint density at radius 2 is 2.33 bits per heavy atom. The van der Waals surface area contributed by atoms with Crippen molar-refractivity contribution in [1.82, 2.24) is 0 Å². The lowest BCUT2D eigenvalue weighted by Gasteiger charge is -2.56. The van der Waals surface area contributed by atoms with E-state index in [0.717, 1.165) is 24.7 Å². The van der Waals surface area contributed by atoms with Gasteiger partial charge in [-0.2, -0.15) is 0 Å². The Morgan fingerprint density at radius 1 is 1.60 bits per heavy atom. The summed E-state index contributed by atoms with van der Waals surface area (Å²) in [7, 11) is 0. The van der Waals surface area contributed by atoms with E-state index in [1.807, 2.05) is 6.92 Å². The summed E-state index contributed by atoms with van der Waals surface area (Å²) in [4.78, 5) is 3.57. The molecule has 1 fully saturated rings. The minimum atomic E-state index is 0.201. The number of allylic oxidation sites excluding steroid dienone is 2. The lowest BCUT2D eigenvalue weighted by molar-refractivity contribution is -0.00839. The van der Waals surface area contributed by atoms with Crippen molar-refractivity contribution < 1.29 is 0 Å². The van der Waals surface area contributed by atoms with E-state index in [4.69, 9.17) is 6.57 Å². The normalized spacial score (nSPS) is 33.6. The maximum atomic E-state index is 6.97. The van der Waals surface area contributed by atoms with Crippen molar-refractivity contribution in [3.05, 3.63) is 23.1 Å². The van der Waals surface area contributed by atoms with Crippen molar-refractivity contribution in [2.45, 2.75) is 52.5 Å². The van der Waals surface area contributed by atoms with E-state index < -0.39 is 0 Å². The van der Waals surface area contributed by atoms with Crippen LogP contribution in [-0.4, -0.2) is 6.04 Å². The minimum Gasteiger partial charge on any atom is -0.314 e. The number of hydrogen-bond acceptors (Lipinski definition) is 0. The average molecular weight is 203 g/mol. The molecule has 3 aliphatic carbocycles. The molecule has 1 saturated carbocycles. The standard InChI is InChI=1S/C14H21N/c1-10(15-4)5-6-11-7-8-12-9-13(11)14(12,2)3/h7,10,12-13H,5-6,8-9H2,1-3H3/t10?,12-,13-/m0/s1. The van der Waals surface area contributed by atoms with Gasteiger partial charge in [-0.15, -0.1) is 0 Å². The molecule has 3 rings (SSSR count). The van der Waals surface area contributed by atoms with Crippen molar-refractivity contribution in [3.8, 4) is 0 Å². The molecule has 1 nitrogen and oxygen atoms in total. The molecule has 0 aromatic rings. The van der Waals surface area contributed by atoms with Crippen LogP contribution in [0.25, 0.3) is 4.85 Å². The van der Waals surface area contributed by atoms with Crippen LogP contribution in [0.5, 0.6) is 0 Å². The SMILES string of the molecule is [C-]#[N+]C(C)CCC1=CC[C@H]2C[C@@H]1C2(C)C. The Bertz CT molecular complexity index is 319. The highest BCUT2D eigenvalue weighted by Gasteiger charge is 2.50. The maximum Gasteiger partial charge on any atom is 0.221 e. The molecular formula is C14H21N. The van der Waals surface area contributed by atoms with E-state index in [0.29, 0.717) is 5.41 Å². The second-order valence-electron chi connectivity index (χ2n) is 5.84. The molecular weight excluding hydrogens is 182 g/mol. The Labute approximate surface area is 93.4 Å². The lowest BCUT2D eigenvalue weighted by atomic mass is 9.48. The highest BCUT2D eigenvalue weighted by Crippen LogP contribution is 2.59. The van der Waals surface area contributed by atoms with Crippen LogP contribution in [0.15, 0.2) is 11.6 Å². The Balaban J connectivity index is 1.95. The highest BCUT2D eigenvalue weighted by molar-refractivity contribution is 5.23. The molecule has 1 heteroatoms. The molecule has 0 heterocycles. The smallest absolute Gasteiger partial charge is 0.221 e. The molecule has 3 aliphatic rings. The molecule has 0 amide bonds. The minimum absolute atomic E-state index is 0.201. The molecule has 0 aliphatic heterocycles. The van der Waals surface area contributed by atoms with Crippen molar-refractivity contribution in [3.63, 3.8) is 0 Å². The summed E-state index contributed by atoms with van der Waals surface area (Å²) in [5, 5.41) is 0. The van der Waals surface area contributed by atoms with Gasteiger partial charge in [-0.25, -0.2) is 6.57 Å². The third kappa shape index (κ3) is 1.71. The number of nitrogens with zero attached hydrogens (tertiary/aromatic N) is 1. The van der Waals surface area contributed by atoms with Crippen LogP contribution in [0.3, 0.4) is 0 Å². The van der Waals surface area contributed by atoms with Gasteiger partial charge >= 0.3 is 0 Å². The molecule has 82 valence electrons. The molecule has 15 heavy (non-hydrogen) atoms. The van der Waals surface area contributed by atoms with Gasteiger partial charge in [0.1, 0.15) is 0 Å². The van der Waals surface area contributed by atoms with E-state index >= 15 is 0 Å². The van der Waals surface area contributed by atoms with Gasteiger partial charge in [0, 0.05) is 13.3 Å². The highest BCUT2D eigenvalue weighted by atomic mass is 14.7. The maximum absolute atomic E-state index is 6.97. The zero-order valence-corrected chi connectivity index (χ0v) is 10.1. The summed E-state index contributed by atoms with van der Waals surface area (Å²) in [6.07, 6.45) is 7.36. The lowest BCUT2D eigenvalue weighted by Crippen LogP contribution is -2.48. The summed E-state index contributed by atoms with van der Waals surface area (Å²) in [5.74, 6) is 1.76. The van der Waals surface area contributed by atoms with Crippen LogP contribution in [0, 0.1) is 23.8 Å². The van der Waals surface area contributed by atoms with Crippen LogP contribution in [0.1, 0.15) is 46.5 Å². The second-order valence-corrected chi connectivity index (χ2v) is 5.84. The summed E-state index contributed by atoms with van der Waals surface area (Å²) in [5.41, 5.74) is 2.20. The largest absolute Gasteiger partial charge is 0.314 e. The third-order valence-corrected chi connectivity index (χ3v) is 4.65. The van der Waals surface area contributed by atoms with E-state index in [1.54, 1.807) is 5.57 Å². The third-order valence-electron chi connectivity index (χ3n) is 4.65. The number of fused-ring (bicyclic) bond motifs is 1. The average Bonchev–Trinajstić information content (AvgIpc) is 2.25. The Hall–Kier alpha value is -0.770. The Morgan fingerprint density at radius 3 is 2.87 bits per heavy atom.